The molecule has 2 atom stereocenters. The first-order chi connectivity index (χ1) is 11.0. The molecule has 1 fully saturated rings. The Hall–Kier alpha value is -2.22. The Morgan fingerprint density at radius 3 is 2.26 bits per heavy atom. The van der Waals surface area contributed by atoms with Gasteiger partial charge in [0.25, 0.3) is 0 Å². The van der Waals surface area contributed by atoms with Crippen molar-refractivity contribution in [1.29, 1.82) is 0 Å². The van der Waals surface area contributed by atoms with E-state index in [9.17, 15) is 9.59 Å². The highest BCUT2D eigenvalue weighted by atomic mass is 16.1. The molecule has 2 unspecified atom stereocenters. The van der Waals surface area contributed by atoms with Crippen molar-refractivity contribution in [1.82, 2.24) is 0 Å². The number of hydrogen-bond donors (Lipinski definition) is 0. The van der Waals surface area contributed by atoms with E-state index in [4.69, 9.17) is 0 Å². The Morgan fingerprint density at radius 1 is 1.00 bits per heavy atom. The number of benzene rings is 2. The van der Waals surface area contributed by atoms with E-state index in [1.54, 1.807) is 0 Å². The Balaban J connectivity index is 2.00. The molecular formula is C21H22O2. The first kappa shape index (κ1) is 15.7. The van der Waals surface area contributed by atoms with Crippen LogP contribution >= 0.6 is 0 Å². The predicted molar refractivity (Wildman–Crippen MR) is 92.2 cm³/mol. The molecule has 2 aromatic rings. The van der Waals surface area contributed by atoms with Gasteiger partial charge in [0.15, 0.2) is 0 Å². The summed E-state index contributed by atoms with van der Waals surface area (Å²) < 4.78 is 0. The average molecular weight is 306 g/mol. The molecule has 2 aromatic carbocycles. The van der Waals surface area contributed by atoms with Gasteiger partial charge in [0.1, 0.15) is 12.6 Å². The van der Waals surface area contributed by atoms with E-state index in [1.165, 1.54) is 16.7 Å². The highest BCUT2D eigenvalue weighted by molar-refractivity contribution is 5.80. The Bertz CT molecular complexity index is 746. The van der Waals surface area contributed by atoms with E-state index in [0.717, 1.165) is 18.1 Å². The number of carbonyl (C=O) groups excluding carboxylic acids is 2. The lowest BCUT2D eigenvalue weighted by molar-refractivity contribution is -0.116. The molecule has 2 nitrogen and oxygen atoms in total. The van der Waals surface area contributed by atoms with Gasteiger partial charge >= 0.3 is 0 Å². The lowest BCUT2D eigenvalue weighted by Gasteiger charge is -2.17. The van der Waals surface area contributed by atoms with Crippen molar-refractivity contribution in [3.63, 3.8) is 0 Å². The van der Waals surface area contributed by atoms with E-state index < -0.39 is 5.41 Å². The molecule has 1 aliphatic carbocycles. The third-order valence-electron chi connectivity index (χ3n) is 5.81. The van der Waals surface area contributed by atoms with E-state index in [-0.39, 0.29) is 11.3 Å². The molecule has 23 heavy (non-hydrogen) atoms. The van der Waals surface area contributed by atoms with Crippen molar-refractivity contribution < 1.29 is 9.59 Å². The normalized spacial score (nSPS) is 24.9. The molecule has 0 aliphatic heterocycles. The van der Waals surface area contributed by atoms with E-state index in [1.807, 2.05) is 38.1 Å². The second kappa shape index (κ2) is 5.45. The van der Waals surface area contributed by atoms with Gasteiger partial charge in [-0.15, -0.1) is 0 Å². The van der Waals surface area contributed by atoms with Gasteiger partial charge in [-0.3, -0.25) is 0 Å². The third-order valence-corrected chi connectivity index (χ3v) is 5.81. The molecule has 0 aromatic heterocycles. The maximum atomic E-state index is 11.8. The van der Waals surface area contributed by atoms with Gasteiger partial charge in [0.2, 0.25) is 0 Å². The Morgan fingerprint density at radius 2 is 1.70 bits per heavy atom. The summed E-state index contributed by atoms with van der Waals surface area (Å²) in [6.07, 6.45) is 2.57. The first-order valence-electron chi connectivity index (χ1n) is 8.03. The van der Waals surface area contributed by atoms with Gasteiger partial charge in [-0.2, -0.15) is 0 Å². The van der Waals surface area contributed by atoms with E-state index >= 15 is 0 Å². The minimum absolute atomic E-state index is 0.188. The zero-order chi connectivity index (χ0) is 16.7. The molecule has 0 spiro atoms. The van der Waals surface area contributed by atoms with Gasteiger partial charge < -0.3 is 9.59 Å². The fourth-order valence-electron chi connectivity index (χ4n) is 3.95. The zero-order valence-electron chi connectivity index (χ0n) is 13.9. The molecule has 0 saturated heterocycles. The SMILES string of the molecule is Cc1c(CC2(C=O)C(C=O)C2(C)C)cccc1-c1ccccc1. The zero-order valence-corrected chi connectivity index (χ0v) is 13.9. The minimum Gasteiger partial charge on any atom is -0.303 e. The lowest BCUT2D eigenvalue weighted by Crippen LogP contribution is -2.16. The van der Waals surface area contributed by atoms with Crippen molar-refractivity contribution in [3.05, 3.63) is 59.7 Å². The second-order valence-corrected chi connectivity index (χ2v) is 7.13. The fourth-order valence-corrected chi connectivity index (χ4v) is 3.95. The van der Waals surface area contributed by atoms with Crippen LogP contribution < -0.4 is 0 Å². The van der Waals surface area contributed by atoms with Crippen LogP contribution in [0.25, 0.3) is 11.1 Å². The predicted octanol–water partition coefficient (Wildman–Crippen LogP) is 4.24. The third kappa shape index (κ3) is 2.24. The second-order valence-electron chi connectivity index (χ2n) is 7.13. The summed E-state index contributed by atoms with van der Waals surface area (Å²) in [5, 5.41) is 0. The highest BCUT2D eigenvalue weighted by Gasteiger charge is 2.71. The van der Waals surface area contributed by atoms with Crippen LogP contribution in [0, 0.1) is 23.7 Å². The topological polar surface area (TPSA) is 34.1 Å². The summed E-state index contributed by atoms with van der Waals surface area (Å²) in [6, 6.07) is 16.5. The maximum Gasteiger partial charge on any atom is 0.127 e. The van der Waals surface area contributed by atoms with Crippen LogP contribution in [0.3, 0.4) is 0 Å². The van der Waals surface area contributed by atoms with Crippen molar-refractivity contribution in [2.24, 2.45) is 16.7 Å². The quantitative estimate of drug-likeness (QED) is 0.774. The summed E-state index contributed by atoms with van der Waals surface area (Å²) in [4.78, 5) is 23.1. The smallest absolute Gasteiger partial charge is 0.127 e. The van der Waals surface area contributed by atoms with Crippen LogP contribution in [0.1, 0.15) is 25.0 Å². The van der Waals surface area contributed by atoms with E-state index in [2.05, 4.69) is 31.2 Å². The molecule has 1 saturated carbocycles. The highest BCUT2D eigenvalue weighted by Crippen LogP contribution is 2.68. The Labute approximate surface area is 137 Å². The van der Waals surface area contributed by atoms with Crippen molar-refractivity contribution >= 4 is 12.6 Å². The standard InChI is InChI=1S/C21H22O2/c1-15-17(12-21(14-23)19(13-22)20(21,2)3)10-7-11-18(15)16-8-5-4-6-9-16/h4-11,13-14,19H,12H2,1-3H3. The van der Waals surface area contributed by atoms with Crippen LogP contribution in [-0.4, -0.2) is 12.6 Å². The van der Waals surface area contributed by atoms with Crippen LogP contribution in [-0.2, 0) is 16.0 Å². The van der Waals surface area contributed by atoms with Gasteiger partial charge in [-0.05, 0) is 41.0 Å². The summed E-state index contributed by atoms with van der Waals surface area (Å²) in [5.41, 5.74) is 3.88. The molecular weight excluding hydrogens is 284 g/mol. The number of carbonyl (C=O) groups is 2. The minimum atomic E-state index is -0.561. The summed E-state index contributed by atoms with van der Waals surface area (Å²) in [5.74, 6) is -0.188. The fraction of sp³-hybridized carbons (Fsp3) is 0.333. The van der Waals surface area contributed by atoms with Crippen LogP contribution in [0.5, 0.6) is 0 Å². The Kier molecular flexibility index (Phi) is 3.71. The molecule has 1 aliphatic rings. The maximum absolute atomic E-state index is 11.8. The van der Waals surface area contributed by atoms with Gasteiger partial charge in [0, 0.05) is 11.3 Å². The number of hydrogen-bond acceptors (Lipinski definition) is 2. The number of rotatable bonds is 5. The van der Waals surface area contributed by atoms with Crippen molar-refractivity contribution in [2.75, 3.05) is 0 Å². The van der Waals surface area contributed by atoms with Crippen LogP contribution in [0.15, 0.2) is 48.5 Å². The molecule has 0 bridgehead atoms. The number of aldehydes is 2. The van der Waals surface area contributed by atoms with Gasteiger partial charge in [0.05, 0.1) is 0 Å². The summed E-state index contributed by atoms with van der Waals surface area (Å²) in [6.45, 7) is 6.12. The molecule has 118 valence electrons. The monoisotopic (exact) mass is 306 g/mol. The average Bonchev–Trinajstić information content (AvgIpc) is 3.04. The largest absolute Gasteiger partial charge is 0.303 e. The molecule has 0 heterocycles. The molecule has 0 amide bonds. The summed E-state index contributed by atoms with van der Waals surface area (Å²) >= 11 is 0. The molecule has 0 radical (unpaired) electrons. The van der Waals surface area contributed by atoms with Crippen LogP contribution in [0.2, 0.25) is 0 Å². The van der Waals surface area contributed by atoms with Gasteiger partial charge in [-0.1, -0.05) is 62.4 Å². The van der Waals surface area contributed by atoms with Crippen LogP contribution in [0.4, 0.5) is 0 Å². The van der Waals surface area contributed by atoms with Crippen molar-refractivity contribution in [3.8, 4) is 11.1 Å². The molecule has 0 N–H and O–H groups in total. The molecule has 2 heteroatoms. The summed E-state index contributed by atoms with van der Waals surface area (Å²) in [7, 11) is 0. The molecule has 3 rings (SSSR count). The van der Waals surface area contributed by atoms with Gasteiger partial charge in [-0.25, -0.2) is 0 Å². The van der Waals surface area contributed by atoms with E-state index in [0.29, 0.717) is 6.42 Å². The van der Waals surface area contributed by atoms with Crippen molar-refractivity contribution in [2.45, 2.75) is 27.2 Å². The lowest BCUT2D eigenvalue weighted by atomic mass is 9.86. The first-order valence-corrected chi connectivity index (χ1v) is 8.03.